The van der Waals surface area contributed by atoms with Crippen molar-refractivity contribution in [3.05, 3.63) is 17.0 Å². The maximum Gasteiger partial charge on any atom is 0.308 e. The van der Waals surface area contributed by atoms with Gasteiger partial charge in [0.05, 0.1) is 11.6 Å². The highest BCUT2D eigenvalue weighted by Crippen LogP contribution is 2.21. The van der Waals surface area contributed by atoms with E-state index < -0.39 is 11.9 Å². The van der Waals surface area contributed by atoms with Crippen LogP contribution in [-0.4, -0.2) is 40.1 Å². The van der Waals surface area contributed by atoms with Crippen LogP contribution in [0.1, 0.15) is 34.7 Å². The molecule has 1 N–H and O–H groups in total. The summed E-state index contributed by atoms with van der Waals surface area (Å²) in [5.41, 5.74) is 1.01. The minimum absolute atomic E-state index is 0.183. The van der Waals surface area contributed by atoms with Crippen molar-refractivity contribution in [2.75, 3.05) is 13.1 Å². The van der Waals surface area contributed by atoms with Gasteiger partial charge in [-0.15, -0.1) is 0 Å². The lowest BCUT2D eigenvalue weighted by atomic mass is 9.97. The zero-order valence-corrected chi connectivity index (χ0v) is 10.5. The number of hydrogen-bond acceptors (Lipinski definition) is 4. The van der Waals surface area contributed by atoms with E-state index in [1.807, 2.05) is 0 Å². The summed E-state index contributed by atoms with van der Waals surface area (Å²) in [6, 6.07) is 0. The number of carbonyl (C=O) groups is 2. The molecule has 1 saturated heterocycles. The Morgan fingerprint density at radius 3 is 2.72 bits per heavy atom. The van der Waals surface area contributed by atoms with Crippen LogP contribution in [0.3, 0.4) is 0 Å². The Morgan fingerprint density at radius 1 is 1.44 bits per heavy atom. The van der Waals surface area contributed by atoms with Crippen molar-refractivity contribution in [1.82, 2.24) is 10.1 Å². The molecule has 1 aliphatic heterocycles. The van der Waals surface area contributed by atoms with Crippen molar-refractivity contribution >= 4 is 11.9 Å². The summed E-state index contributed by atoms with van der Waals surface area (Å²) in [6.07, 6.45) is 1.34. The zero-order valence-electron chi connectivity index (χ0n) is 10.5. The first-order valence-corrected chi connectivity index (χ1v) is 5.95. The van der Waals surface area contributed by atoms with Gasteiger partial charge in [-0.3, -0.25) is 9.59 Å². The second-order valence-corrected chi connectivity index (χ2v) is 4.63. The van der Waals surface area contributed by atoms with Crippen LogP contribution in [0.4, 0.5) is 0 Å². The molecule has 1 unspecified atom stereocenters. The Kier molecular flexibility index (Phi) is 3.36. The summed E-state index contributed by atoms with van der Waals surface area (Å²) >= 11 is 0. The van der Waals surface area contributed by atoms with Crippen molar-refractivity contribution < 1.29 is 19.2 Å². The van der Waals surface area contributed by atoms with Gasteiger partial charge in [0.1, 0.15) is 11.3 Å². The van der Waals surface area contributed by atoms with E-state index in [4.69, 9.17) is 9.63 Å². The van der Waals surface area contributed by atoms with E-state index in [9.17, 15) is 9.59 Å². The molecule has 0 saturated carbocycles. The van der Waals surface area contributed by atoms with Gasteiger partial charge in [-0.1, -0.05) is 5.16 Å². The van der Waals surface area contributed by atoms with Gasteiger partial charge in [0.25, 0.3) is 5.91 Å². The average Bonchev–Trinajstić information content (AvgIpc) is 2.68. The quantitative estimate of drug-likeness (QED) is 0.855. The van der Waals surface area contributed by atoms with Gasteiger partial charge in [-0.05, 0) is 26.7 Å². The molecule has 2 rings (SSSR count). The molecule has 0 radical (unpaired) electrons. The Bertz CT molecular complexity index is 461. The first-order chi connectivity index (χ1) is 8.50. The minimum atomic E-state index is -0.841. The predicted octanol–water partition coefficient (Wildman–Crippen LogP) is 1.23. The number of carbonyl (C=O) groups excluding carboxylic acids is 1. The van der Waals surface area contributed by atoms with Crippen molar-refractivity contribution in [1.29, 1.82) is 0 Å². The molecule has 1 fully saturated rings. The highest BCUT2D eigenvalue weighted by atomic mass is 16.5. The molecular weight excluding hydrogens is 236 g/mol. The number of hydrogen-bond donors (Lipinski definition) is 1. The van der Waals surface area contributed by atoms with E-state index in [1.165, 1.54) is 0 Å². The van der Waals surface area contributed by atoms with Crippen LogP contribution in [-0.2, 0) is 4.79 Å². The largest absolute Gasteiger partial charge is 0.481 e. The van der Waals surface area contributed by atoms with E-state index in [2.05, 4.69) is 5.16 Å². The summed E-state index contributed by atoms with van der Waals surface area (Å²) in [7, 11) is 0. The van der Waals surface area contributed by atoms with Crippen LogP contribution in [0.25, 0.3) is 0 Å². The van der Waals surface area contributed by atoms with Crippen molar-refractivity contribution in [3.63, 3.8) is 0 Å². The topological polar surface area (TPSA) is 83.6 Å². The molecule has 18 heavy (non-hydrogen) atoms. The maximum atomic E-state index is 12.3. The first kappa shape index (κ1) is 12.6. The van der Waals surface area contributed by atoms with Gasteiger partial charge < -0.3 is 14.5 Å². The molecule has 1 amide bonds. The third kappa shape index (κ3) is 2.23. The Labute approximate surface area is 105 Å². The highest BCUT2D eigenvalue weighted by Gasteiger charge is 2.31. The smallest absolute Gasteiger partial charge is 0.308 e. The van der Waals surface area contributed by atoms with Gasteiger partial charge >= 0.3 is 5.97 Å². The molecule has 98 valence electrons. The van der Waals surface area contributed by atoms with Gasteiger partial charge in [-0.2, -0.15) is 0 Å². The molecule has 0 spiro atoms. The van der Waals surface area contributed by atoms with E-state index >= 15 is 0 Å². The zero-order chi connectivity index (χ0) is 13.3. The molecule has 0 bridgehead atoms. The molecule has 6 nitrogen and oxygen atoms in total. The van der Waals surface area contributed by atoms with Gasteiger partial charge in [0.2, 0.25) is 0 Å². The number of aryl methyl sites for hydroxylation is 2. The summed E-state index contributed by atoms with van der Waals surface area (Å²) < 4.78 is 4.97. The van der Waals surface area contributed by atoms with E-state index in [0.29, 0.717) is 36.4 Å². The molecule has 1 atom stereocenters. The fraction of sp³-hybridized carbons (Fsp3) is 0.583. The Balaban J connectivity index is 2.17. The van der Waals surface area contributed by atoms with Gasteiger partial charge in [0, 0.05) is 13.1 Å². The molecule has 1 aromatic heterocycles. The average molecular weight is 252 g/mol. The number of piperidine rings is 1. The van der Waals surface area contributed by atoms with Gasteiger partial charge in [0.15, 0.2) is 0 Å². The molecule has 2 heterocycles. The molecule has 0 aliphatic carbocycles. The number of aliphatic carboxylic acids is 1. The molecule has 0 aromatic carbocycles. The monoisotopic (exact) mass is 252 g/mol. The summed E-state index contributed by atoms with van der Waals surface area (Å²) in [5, 5.41) is 12.8. The Hall–Kier alpha value is -1.85. The van der Waals surface area contributed by atoms with Crippen LogP contribution in [0.5, 0.6) is 0 Å². The lowest BCUT2D eigenvalue weighted by molar-refractivity contribution is -0.143. The number of carboxylic acids is 1. The standard InChI is InChI=1S/C12H16N2O4/c1-7-10(8(2)18-13-7)11(15)14-5-3-4-9(6-14)12(16)17/h9H,3-6H2,1-2H3,(H,16,17). The molecular formula is C12H16N2O4. The second kappa shape index (κ2) is 4.80. The summed E-state index contributed by atoms with van der Waals surface area (Å²) in [4.78, 5) is 24.9. The summed E-state index contributed by atoms with van der Waals surface area (Å²) in [5.74, 6) is -1.01. The second-order valence-electron chi connectivity index (χ2n) is 4.63. The van der Waals surface area contributed by atoms with E-state index in [-0.39, 0.29) is 12.5 Å². The molecule has 1 aromatic rings. The highest BCUT2D eigenvalue weighted by molar-refractivity contribution is 5.96. The van der Waals surface area contributed by atoms with E-state index in [0.717, 1.165) is 0 Å². The third-order valence-electron chi connectivity index (χ3n) is 3.31. The van der Waals surface area contributed by atoms with Crippen LogP contribution in [0.15, 0.2) is 4.52 Å². The van der Waals surface area contributed by atoms with Gasteiger partial charge in [-0.25, -0.2) is 0 Å². The number of carboxylic acid groups (broad SMARTS) is 1. The normalized spacial score (nSPS) is 19.9. The Morgan fingerprint density at radius 2 is 2.17 bits per heavy atom. The maximum absolute atomic E-state index is 12.3. The SMILES string of the molecule is Cc1noc(C)c1C(=O)N1CCCC(C(=O)O)C1. The lowest BCUT2D eigenvalue weighted by Gasteiger charge is -2.30. The number of rotatable bonds is 2. The fourth-order valence-electron chi connectivity index (χ4n) is 2.31. The molecule has 6 heteroatoms. The predicted molar refractivity (Wildman–Crippen MR) is 62.2 cm³/mol. The van der Waals surface area contributed by atoms with Crippen LogP contribution < -0.4 is 0 Å². The van der Waals surface area contributed by atoms with E-state index in [1.54, 1.807) is 18.7 Å². The lowest BCUT2D eigenvalue weighted by Crippen LogP contribution is -2.42. The number of likely N-dealkylation sites (tertiary alicyclic amines) is 1. The van der Waals surface area contributed by atoms with Crippen molar-refractivity contribution in [3.8, 4) is 0 Å². The third-order valence-corrected chi connectivity index (χ3v) is 3.31. The fourth-order valence-corrected chi connectivity index (χ4v) is 2.31. The number of amides is 1. The minimum Gasteiger partial charge on any atom is -0.481 e. The van der Waals surface area contributed by atoms with Crippen LogP contribution in [0.2, 0.25) is 0 Å². The number of nitrogens with zero attached hydrogens (tertiary/aromatic N) is 2. The first-order valence-electron chi connectivity index (χ1n) is 5.95. The summed E-state index contributed by atoms with van der Waals surface area (Å²) in [6.45, 7) is 4.25. The van der Waals surface area contributed by atoms with Crippen LogP contribution >= 0.6 is 0 Å². The number of aromatic nitrogens is 1. The van der Waals surface area contributed by atoms with Crippen molar-refractivity contribution in [2.24, 2.45) is 5.92 Å². The molecule has 1 aliphatic rings. The van der Waals surface area contributed by atoms with Crippen LogP contribution in [0, 0.1) is 19.8 Å². The van der Waals surface area contributed by atoms with Crippen molar-refractivity contribution in [2.45, 2.75) is 26.7 Å².